The summed E-state index contributed by atoms with van der Waals surface area (Å²) in [6.45, 7) is 13.7. The Bertz CT molecular complexity index is 310. The van der Waals surface area contributed by atoms with Crippen LogP contribution in [0.1, 0.15) is 60.3 Å². The summed E-state index contributed by atoms with van der Waals surface area (Å²) in [6, 6.07) is 0. The Labute approximate surface area is 144 Å². The fourth-order valence-electron chi connectivity index (χ4n) is 4.14. The van der Waals surface area contributed by atoms with Gasteiger partial charge < -0.3 is 14.2 Å². The van der Waals surface area contributed by atoms with Gasteiger partial charge in [-0.05, 0) is 42.9 Å². The van der Waals surface area contributed by atoms with Crippen LogP contribution in [-0.4, -0.2) is 40.1 Å². The van der Waals surface area contributed by atoms with Crippen molar-refractivity contribution in [1.82, 2.24) is 0 Å². The Hall–Kier alpha value is -0.120. The molecule has 1 aliphatic carbocycles. The third-order valence-corrected chi connectivity index (χ3v) is 6.06. The van der Waals surface area contributed by atoms with Gasteiger partial charge in [-0.1, -0.05) is 41.0 Å². The highest BCUT2D eigenvalue weighted by atomic mass is 16.5. The lowest BCUT2D eigenvalue weighted by Gasteiger charge is -2.42. The van der Waals surface area contributed by atoms with Crippen molar-refractivity contribution in [3.05, 3.63) is 0 Å². The van der Waals surface area contributed by atoms with Gasteiger partial charge in [0.1, 0.15) is 0 Å². The maximum atomic E-state index is 6.54. The molecule has 1 saturated carbocycles. The largest absolute Gasteiger partial charge is 0.384 e. The Kier molecular flexibility index (Phi) is 9.10. The Morgan fingerprint density at radius 2 is 1.61 bits per heavy atom. The van der Waals surface area contributed by atoms with Crippen LogP contribution in [0.2, 0.25) is 0 Å². The Morgan fingerprint density at radius 1 is 1.00 bits per heavy atom. The molecular formula is C20H40O3. The van der Waals surface area contributed by atoms with Crippen molar-refractivity contribution in [2.75, 3.05) is 34.0 Å². The molecule has 0 heterocycles. The molecule has 0 spiro atoms. The monoisotopic (exact) mass is 328 g/mol. The molecule has 0 N–H and O–H groups in total. The van der Waals surface area contributed by atoms with Crippen LogP contribution in [0, 0.1) is 29.1 Å². The second kappa shape index (κ2) is 10.0. The van der Waals surface area contributed by atoms with E-state index in [1.54, 1.807) is 14.2 Å². The van der Waals surface area contributed by atoms with Gasteiger partial charge in [-0.15, -0.1) is 0 Å². The third kappa shape index (κ3) is 5.72. The molecule has 0 aliphatic heterocycles. The summed E-state index contributed by atoms with van der Waals surface area (Å²) in [4.78, 5) is 0. The normalized spacial score (nSPS) is 27.4. The summed E-state index contributed by atoms with van der Waals surface area (Å²) in [5.41, 5.74) is -0.0388. The van der Waals surface area contributed by atoms with Crippen LogP contribution in [0.4, 0.5) is 0 Å². The molecule has 138 valence electrons. The SMILES string of the molecule is CCC(C)C(COC)(COC)COC1CCC(C)CC1C(C)C. The molecule has 0 amide bonds. The number of rotatable bonds is 10. The highest BCUT2D eigenvalue weighted by Crippen LogP contribution is 2.38. The summed E-state index contributed by atoms with van der Waals surface area (Å²) in [7, 11) is 3.57. The predicted octanol–water partition coefficient (Wildman–Crippen LogP) is 4.79. The summed E-state index contributed by atoms with van der Waals surface area (Å²) in [6.07, 6.45) is 5.29. The maximum absolute atomic E-state index is 6.54. The van der Waals surface area contributed by atoms with E-state index in [-0.39, 0.29) is 5.41 Å². The van der Waals surface area contributed by atoms with Gasteiger partial charge in [0.15, 0.2) is 0 Å². The molecule has 0 radical (unpaired) electrons. The minimum atomic E-state index is -0.0388. The first-order valence-electron chi connectivity index (χ1n) is 9.49. The van der Waals surface area contributed by atoms with Gasteiger partial charge in [0, 0.05) is 19.6 Å². The number of hydrogen-bond donors (Lipinski definition) is 0. The molecule has 1 fully saturated rings. The van der Waals surface area contributed by atoms with Crippen molar-refractivity contribution < 1.29 is 14.2 Å². The lowest BCUT2D eigenvalue weighted by molar-refractivity contribution is -0.123. The van der Waals surface area contributed by atoms with Crippen LogP contribution < -0.4 is 0 Å². The van der Waals surface area contributed by atoms with Crippen molar-refractivity contribution in [2.24, 2.45) is 29.1 Å². The van der Waals surface area contributed by atoms with Crippen molar-refractivity contribution in [1.29, 1.82) is 0 Å². The van der Waals surface area contributed by atoms with Crippen LogP contribution in [0.25, 0.3) is 0 Å². The zero-order chi connectivity index (χ0) is 17.5. The maximum Gasteiger partial charge on any atom is 0.0606 e. The molecule has 0 bridgehead atoms. The second-order valence-corrected chi connectivity index (χ2v) is 8.21. The number of hydrogen-bond acceptors (Lipinski definition) is 3. The third-order valence-electron chi connectivity index (χ3n) is 6.06. The van der Waals surface area contributed by atoms with Crippen LogP contribution >= 0.6 is 0 Å². The first-order valence-corrected chi connectivity index (χ1v) is 9.49. The van der Waals surface area contributed by atoms with Gasteiger partial charge in [0.25, 0.3) is 0 Å². The van der Waals surface area contributed by atoms with Crippen molar-refractivity contribution >= 4 is 0 Å². The Balaban J connectivity index is 2.78. The molecule has 0 aromatic heterocycles. The van der Waals surface area contributed by atoms with Gasteiger partial charge in [-0.2, -0.15) is 0 Å². The molecule has 4 unspecified atom stereocenters. The zero-order valence-electron chi connectivity index (χ0n) is 16.6. The molecular weight excluding hydrogens is 288 g/mol. The highest BCUT2D eigenvalue weighted by molar-refractivity contribution is 4.87. The summed E-state index contributed by atoms with van der Waals surface area (Å²) < 4.78 is 17.6. The number of methoxy groups -OCH3 is 2. The van der Waals surface area contributed by atoms with Crippen LogP contribution in [0.5, 0.6) is 0 Å². The first-order chi connectivity index (χ1) is 10.9. The summed E-state index contributed by atoms with van der Waals surface area (Å²) >= 11 is 0. The molecule has 3 heteroatoms. The van der Waals surface area contributed by atoms with Gasteiger partial charge in [0.2, 0.25) is 0 Å². The van der Waals surface area contributed by atoms with E-state index in [4.69, 9.17) is 14.2 Å². The molecule has 3 nitrogen and oxygen atoms in total. The molecule has 0 aromatic carbocycles. The molecule has 23 heavy (non-hydrogen) atoms. The van der Waals surface area contributed by atoms with Gasteiger partial charge in [-0.3, -0.25) is 0 Å². The van der Waals surface area contributed by atoms with Crippen molar-refractivity contribution in [2.45, 2.75) is 66.4 Å². The average Bonchev–Trinajstić information content (AvgIpc) is 2.52. The van der Waals surface area contributed by atoms with E-state index in [2.05, 4.69) is 34.6 Å². The van der Waals surface area contributed by atoms with Crippen LogP contribution in [0.15, 0.2) is 0 Å². The van der Waals surface area contributed by atoms with Crippen LogP contribution in [0.3, 0.4) is 0 Å². The molecule has 0 saturated heterocycles. The second-order valence-electron chi connectivity index (χ2n) is 8.21. The van der Waals surface area contributed by atoms with E-state index in [0.29, 0.717) is 37.1 Å². The fraction of sp³-hybridized carbons (Fsp3) is 1.00. The lowest BCUT2D eigenvalue weighted by Crippen LogP contribution is -2.45. The minimum Gasteiger partial charge on any atom is -0.384 e. The van der Waals surface area contributed by atoms with Gasteiger partial charge >= 0.3 is 0 Å². The van der Waals surface area contributed by atoms with E-state index in [9.17, 15) is 0 Å². The van der Waals surface area contributed by atoms with Crippen molar-refractivity contribution in [3.8, 4) is 0 Å². The first kappa shape index (κ1) is 20.9. The van der Waals surface area contributed by atoms with Gasteiger partial charge in [0.05, 0.1) is 25.9 Å². The molecule has 0 aromatic rings. The molecule has 4 atom stereocenters. The number of ether oxygens (including phenoxy) is 3. The topological polar surface area (TPSA) is 27.7 Å². The summed E-state index contributed by atoms with van der Waals surface area (Å²) in [5.74, 6) is 2.71. The fourth-order valence-corrected chi connectivity index (χ4v) is 4.14. The predicted molar refractivity (Wildman–Crippen MR) is 96.7 cm³/mol. The standard InChI is InChI=1S/C20H40O3/c1-8-17(5)20(12-21-6,13-22-7)14-23-19-10-9-16(4)11-18(19)15(2)3/h15-19H,8-14H2,1-7H3. The smallest absolute Gasteiger partial charge is 0.0606 e. The Morgan fingerprint density at radius 3 is 2.09 bits per heavy atom. The quantitative estimate of drug-likeness (QED) is 0.577. The molecule has 1 rings (SSSR count). The lowest BCUT2D eigenvalue weighted by atomic mass is 9.74. The van der Waals surface area contributed by atoms with Crippen molar-refractivity contribution in [3.63, 3.8) is 0 Å². The van der Waals surface area contributed by atoms with Gasteiger partial charge in [-0.25, -0.2) is 0 Å². The highest BCUT2D eigenvalue weighted by Gasteiger charge is 2.39. The van der Waals surface area contributed by atoms with E-state index in [1.807, 2.05) is 0 Å². The zero-order valence-corrected chi connectivity index (χ0v) is 16.6. The van der Waals surface area contributed by atoms with E-state index in [1.165, 1.54) is 19.3 Å². The van der Waals surface area contributed by atoms with E-state index >= 15 is 0 Å². The average molecular weight is 329 g/mol. The van der Waals surface area contributed by atoms with Crippen LogP contribution in [-0.2, 0) is 14.2 Å². The molecule has 1 aliphatic rings. The minimum absolute atomic E-state index is 0.0388. The van der Waals surface area contributed by atoms with E-state index < -0.39 is 0 Å². The van der Waals surface area contributed by atoms with E-state index in [0.717, 1.165) is 18.9 Å². The summed E-state index contributed by atoms with van der Waals surface area (Å²) in [5, 5.41) is 0.